The van der Waals surface area contributed by atoms with Crippen LogP contribution in [0, 0.1) is 0 Å². The Labute approximate surface area is 108 Å². The molecular formula is C11H14N4O2S. The quantitative estimate of drug-likeness (QED) is 0.704. The third-order valence-electron chi connectivity index (χ3n) is 3.14. The van der Waals surface area contributed by atoms with Gasteiger partial charge in [-0.25, -0.2) is 4.98 Å². The van der Waals surface area contributed by atoms with Gasteiger partial charge in [0.05, 0.1) is 5.69 Å². The summed E-state index contributed by atoms with van der Waals surface area (Å²) in [4.78, 5) is 28.6. The number of amides is 2. The molecule has 3 N–H and O–H groups in total. The maximum absolute atomic E-state index is 11.9. The summed E-state index contributed by atoms with van der Waals surface area (Å²) in [6, 6.07) is -0.406. The molecule has 2 aliphatic heterocycles. The Morgan fingerprint density at radius 2 is 2.33 bits per heavy atom. The van der Waals surface area contributed by atoms with Crippen LogP contribution in [0.15, 0.2) is 0 Å². The minimum absolute atomic E-state index is 0.0576. The normalized spacial score (nSPS) is 22.4. The smallest absolute Gasteiger partial charge is 0.248 e. The number of carbonyl (C=O) groups excluding carboxylic acids is 2. The fourth-order valence-electron chi connectivity index (χ4n) is 2.18. The lowest BCUT2D eigenvalue weighted by Crippen LogP contribution is -2.37. The second kappa shape index (κ2) is 4.66. The molecular weight excluding hydrogens is 252 g/mol. The molecule has 96 valence electrons. The van der Waals surface area contributed by atoms with Gasteiger partial charge in [0.2, 0.25) is 11.8 Å². The lowest BCUT2D eigenvalue weighted by molar-refractivity contribution is -0.122. The van der Waals surface area contributed by atoms with Crippen molar-refractivity contribution >= 4 is 28.3 Å². The molecule has 1 aromatic rings. The van der Waals surface area contributed by atoms with Crippen LogP contribution in [0.3, 0.4) is 0 Å². The van der Waals surface area contributed by atoms with Crippen molar-refractivity contribution in [1.82, 2.24) is 15.6 Å². The Kier molecular flexibility index (Phi) is 3.00. The molecule has 1 aromatic heterocycles. The predicted octanol–water partition coefficient (Wildman–Crippen LogP) is 0.00590. The average Bonchev–Trinajstić information content (AvgIpc) is 2.94. The molecule has 3 rings (SSSR count). The number of carbonyl (C=O) groups is 2. The maximum atomic E-state index is 11.9. The summed E-state index contributed by atoms with van der Waals surface area (Å²) in [6.45, 7) is 1.76. The first-order valence-electron chi connectivity index (χ1n) is 6.02. The standard InChI is InChI=1S/C11H14N4O2S/c16-9-2-1-7(13-9)10(17)15-11-14-6-3-4-12-5-8(6)18-11/h7,12H,1-5H2,(H,13,16)(H,14,15,17)/t7-/m1/s1. The summed E-state index contributed by atoms with van der Waals surface area (Å²) in [5, 5.41) is 9.34. The van der Waals surface area contributed by atoms with Gasteiger partial charge in [-0.05, 0) is 6.42 Å². The Morgan fingerprint density at radius 1 is 1.44 bits per heavy atom. The van der Waals surface area contributed by atoms with E-state index in [9.17, 15) is 9.59 Å². The highest BCUT2D eigenvalue weighted by Crippen LogP contribution is 2.25. The topological polar surface area (TPSA) is 83.1 Å². The van der Waals surface area contributed by atoms with Gasteiger partial charge in [-0.3, -0.25) is 9.59 Å². The van der Waals surface area contributed by atoms with Gasteiger partial charge in [0.1, 0.15) is 6.04 Å². The molecule has 3 heterocycles. The van der Waals surface area contributed by atoms with Gasteiger partial charge in [0.15, 0.2) is 5.13 Å². The summed E-state index contributed by atoms with van der Waals surface area (Å²) in [7, 11) is 0. The van der Waals surface area contributed by atoms with Gasteiger partial charge in [-0.1, -0.05) is 0 Å². The largest absolute Gasteiger partial charge is 0.344 e. The highest BCUT2D eigenvalue weighted by molar-refractivity contribution is 7.15. The minimum atomic E-state index is -0.406. The molecule has 0 radical (unpaired) electrons. The fraction of sp³-hybridized carbons (Fsp3) is 0.545. The van der Waals surface area contributed by atoms with Gasteiger partial charge < -0.3 is 16.0 Å². The van der Waals surface area contributed by atoms with Crippen molar-refractivity contribution in [3.05, 3.63) is 10.6 Å². The van der Waals surface area contributed by atoms with Crippen LogP contribution >= 0.6 is 11.3 Å². The second-order valence-corrected chi connectivity index (χ2v) is 5.55. The molecule has 2 amide bonds. The predicted molar refractivity (Wildman–Crippen MR) is 67.3 cm³/mol. The molecule has 1 saturated heterocycles. The number of hydrogen-bond acceptors (Lipinski definition) is 5. The third kappa shape index (κ3) is 2.23. The Hall–Kier alpha value is -1.47. The Morgan fingerprint density at radius 3 is 3.06 bits per heavy atom. The maximum Gasteiger partial charge on any atom is 0.248 e. The second-order valence-electron chi connectivity index (χ2n) is 4.46. The number of hydrogen-bond donors (Lipinski definition) is 3. The summed E-state index contributed by atoms with van der Waals surface area (Å²) in [6.07, 6.45) is 1.90. The first-order valence-corrected chi connectivity index (χ1v) is 6.83. The van der Waals surface area contributed by atoms with E-state index in [1.807, 2.05) is 0 Å². The van der Waals surface area contributed by atoms with Crippen LogP contribution in [0.4, 0.5) is 5.13 Å². The van der Waals surface area contributed by atoms with Crippen molar-refractivity contribution in [3.8, 4) is 0 Å². The van der Waals surface area contributed by atoms with E-state index in [2.05, 4.69) is 20.9 Å². The van der Waals surface area contributed by atoms with Crippen LogP contribution in [0.2, 0.25) is 0 Å². The Bertz CT molecular complexity index is 476. The number of nitrogens with one attached hydrogen (secondary N) is 3. The van der Waals surface area contributed by atoms with Crippen LogP contribution < -0.4 is 16.0 Å². The molecule has 7 heteroatoms. The number of aromatic nitrogens is 1. The van der Waals surface area contributed by atoms with E-state index in [1.54, 1.807) is 0 Å². The lowest BCUT2D eigenvalue weighted by Gasteiger charge is -2.09. The molecule has 1 atom stereocenters. The SMILES string of the molecule is O=C1CC[C@H](C(=O)Nc2nc3c(s2)CNCC3)N1. The van der Waals surface area contributed by atoms with E-state index < -0.39 is 6.04 Å². The van der Waals surface area contributed by atoms with Crippen molar-refractivity contribution < 1.29 is 9.59 Å². The van der Waals surface area contributed by atoms with Crippen molar-refractivity contribution in [1.29, 1.82) is 0 Å². The van der Waals surface area contributed by atoms with Crippen LogP contribution in [0.1, 0.15) is 23.4 Å². The van der Waals surface area contributed by atoms with Gasteiger partial charge in [-0.15, -0.1) is 11.3 Å². The number of nitrogens with zero attached hydrogens (tertiary/aromatic N) is 1. The zero-order valence-corrected chi connectivity index (χ0v) is 10.6. The summed E-state index contributed by atoms with van der Waals surface area (Å²) in [5.74, 6) is -0.224. The number of thiazole rings is 1. The van der Waals surface area contributed by atoms with Gasteiger partial charge in [0, 0.05) is 30.8 Å². The van der Waals surface area contributed by atoms with Crippen LogP contribution in [0.5, 0.6) is 0 Å². The van der Waals surface area contributed by atoms with Crippen LogP contribution in [0.25, 0.3) is 0 Å². The fourth-order valence-corrected chi connectivity index (χ4v) is 3.16. The van der Waals surface area contributed by atoms with E-state index in [0.717, 1.165) is 25.2 Å². The zero-order valence-electron chi connectivity index (χ0n) is 9.78. The summed E-state index contributed by atoms with van der Waals surface area (Å²) in [5.41, 5.74) is 1.07. The first-order chi connectivity index (χ1) is 8.72. The number of rotatable bonds is 2. The van der Waals surface area contributed by atoms with Gasteiger partial charge in [-0.2, -0.15) is 0 Å². The number of fused-ring (bicyclic) bond motifs is 1. The van der Waals surface area contributed by atoms with Crippen molar-refractivity contribution in [2.24, 2.45) is 0 Å². The lowest BCUT2D eigenvalue weighted by atomic mass is 10.2. The highest BCUT2D eigenvalue weighted by atomic mass is 32.1. The van der Waals surface area contributed by atoms with Gasteiger partial charge >= 0.3 is 0 Å². The Balaban J connectivity index is 1.67. The average molecular weight is 266 g/mol. The van der Waals surface area contributed by atoms with Crippen molar-refractivity contribution in [2.45, 2.75) is 31.8 Å². The molecule has 18 heavy (non-hydrogen) atoms. The molecule has 6 nitrogen and oxygen atoms in total. The molecule has 0 saturated carbocycles. The van der Waals surface area contributed by atoms with Gasteiger partial charge in [0.25, 0.3) is 0 Å². The number of anilines is 1. The highest BCUT2D eigenvalue weighted by Gasteiger charge is 2.28. The first kappa shape index (κ1) is 11.6. The molecule has 0 aromatic carbocycles. The zero-order chi connectivity index (χ0) is 12.5. The van der Waals surface area contributed by atoms with Crippen molar-refractivity contribution in [2.75, 3.05) is 11.9 Å². The molecule has 0 spiro atoms. The van der Waals surface area contributed by atoms with Crippen LogP contribution in [-0.4, -0.2) is 29.4 Å². The summed E-state index contributed by atoms with van der Waals surface area (Å²) < 4.78 is 0. The van der Waals surface area contributed by atoms with E-state index in [-0.39, 0.29) is 11.8 Å². The summed E-state index contributed by atoms with van der Waals surface area (Å²) >= 11 is 1.50. The molecule has 2 aliphatic rings. The van der Waals surface area contributed by atoms with Crippen LogP contribution in [-0.2, 0) is 22.6 Å². The van der Waals surface area contributed by atoms with E-state index >= 15 is 0 Å². The molecule has 1 fully saturated rings. The van der Waals surface area contributed by atoms with E-state index in [0.29, 0.717) is 18.0 Å². The van der Waals surface area contributed by atoms with E-state index in [4.69, 9.17) is 0 Å². The monoisotopic (exact) mass is 266 g/mol. The third-order valence-corrected chi connectivity index (χ3v) is 4.16. The molecule has 0 unspecified atom stereocenters. The minimum Gasteiger partial charge on any atom is -0.344 e. The van der Waals surface area contributed by atoms with Crippen molar-refractivity contribution in [3.63, 3.8) is 0 Å². The molecule has 0 aliphatic carbocycles. The van der Waals surface area contributed by atoms with E-state index in [1.165, 1.54) is 16.2 Å². The molecule has 0 bridgehead atoms.